The van der Waals surface area contributed by atoms with Gasteiger partial charge in [-0.05, 0) is 58.8 Å². The van der Waals surface area contributed by atoms with Crippen LogP contribution in [0.2, 0.25) is 0 Å². The van der Waals surface area contributed by atoms with Crippen LogP contribution in [0.4, 0.5) is 0 Å². The van der Waals surface area contributed by atoms with E-state index in [4.69, 9.17) is 0 Å². The van der Waals surface area contributed by atoms with Crippen LogP contribution in [0.25, 0.3) is 0 Å². The molecule has 0 saturated carbocycles. The van der Waals surface area contributed by atoms with Crippen molar-refractivity contribution < 1.29 is 18.0 Å². The zero-order valence-electron chi connectivity index (χ0n) is 19.5. The first-order valence-electron chi connectivity index (χ1n) is 12.0. The van der Waals surface area contributed by atoms with E-state index in [2.05, 4.69) is 16.8 Å². The summed E-state index contributed by atoms with van der Waals surface area (Å²) in [6.07, 6.45) is 7.75. The number of carbonyl (C=O) groups is 2. The van der Waals surface area contributed by atoms with E-state index in [0.717, 1.165) is 62.4 Å². The van der Waals surface area contributed by atoms with Crippen molar-refractivity contribution in [2.45, 2.75) is 70.4 Å². The van der Waals surface area contributed by atoms with Crippen LogP contribution in [-0.4, -0.2) is 104 Å². The van der Waals surface area contributed by atoms with Gasteiger partial charge < -0.3 is 14.7 Å². The highest BCUT2D eigenvalue weighted by molar-refractivity contribution is 7.88. The molecule has 31 heavy (non-hydrogen) atoms. The lowest BCUT2D eigenvalue weighted by Gasteiger charge is -2.27. The Morgan fingerprint density at radius 1 is 1.06 bits per heavy atom. The molecule has 2 amide bonds. The number of unbranched alkanes of at least 4 members (excludes halogenated alkanes) is 2. The fourth-order valence-corrected chi connectivity index (χ4v) is 6.76. The monoisotopic (exact) mass is 456 g/mol. The highest BCUT2D eigenvalue weighted by Gasteiger charge is 2.56. The van der Waals surface area contributed by atoms with Gasteiger partial charge in [0.2, 0.25) is 21.8 Å². The highest BCUT2D eigenvalue weighted by atomic mass is 32.2. The largest absolute Gasteiger partial charge is 0.337 e. The SMILES string of the molecule is CCC[C@H]1C(=O)N(S(C)(=O)=O)[C@H]2CCN(C(=O)CCCCCN3CCCN(C)CC3)[C@H]12. The zero-order chi connectivity index (χ0) is 22.6. The summed E-state index contributed by atoms with van der Waals surface area (Å²) in [4.78, 5) is 32.5. The molecule has 3 rings (SSSR count). The maximum absolute atomic E-state index is 13.0. The Morgan fingerprint density at radius 2 is 1.84 bits per heavy atom. The Morgan fingerprint density at radius 3 is 2.55 bits per heavy atom. The summed E-state index contributed by atoms with van der Waals surface area (Å²) in [5.74, 6) is -0.634. The summed E-state index contributed by atoms with van der Waals surface area (Å²) in [6, 6.07) is -0.673. The zero-order valence-corrected chi connectivity index (χ0v) is 20.3. The lowest BCUT2D eigenvalue weighted by molar-refractivity contribution is -0.134. The number of likely N-dealkylation sites (N-methyl/N-ethyl adjacent to an activating group) is 1. The van der Waals surface area contributed by atoms with Gasteiger partial charge in [-0.25, -0.2) is 12.7 Å². The second kappa shape index (κ2) is 10.6. The smallest absolute Gasteiger partial charge is 0.241 e. The normalized spacial score (nSPS) is 28.2. The van der Waals surface area contributed by atoms with Gasteiger partial charge in [0.05, 0.1) is 24.3 Å². The van der Waals surface area contributed by atoms with E-state index in [1.165, 1.54) is 13.0 Å². The minimum Gasteiger partial charge on any atom is -0.337 e. The Labute approximate surface area is 188 Å². The van der Waals surface area contributed by atoms with Gasteiger partial charge in [-0.15, -0.1) is 0 Å². The van der Waals surface area contributed by atoms with Crippen LogP contribution in [0.3, 0.4) is 0 Å². The van der Waals surface area contributed by atoms with E-state index in [0.29, 0.717) is 25.8 Å². The van der Waals surface area contributed by atoms with E-state index in [9.17, 15) is 18.0 Å². The predicted molar refractivity (Wildman–Crippen MR) is 121 cm³/mol. The second-order valence-corrected chi connectivity index (χ2v) is 11.4. The fraction of sp³-hybridized carbons (Fsp3) is 0.909. The van der Waals surface area contributed by atoms with Gasteiger partial charge in [0.1, 0.15) is 0 Å². The molecule has 0 N–H and O–H groups in total. The number of amides is 2. The number of nitrogens with zero attached hydrogens (tertiary/aromatic N) is 4. The molecule has 3 aliphatic rings. The number of sulfonamides is 1. The summed E-state index contributed by atoms with van der Waals surface area (Å²) in [7, 11) is -1.43. The molecule has 3 atom stereocenters. The van der Waals surface area contributed by atoms with Crippen molar-refractivity contribution in [1.29, 1.82) is 0 Å². The molecule has 0 aromatic heterocycles. The Balaban J connectivity index is 1.48. The van der Waals surface area contributed by atoms with Crippen molar-refractivity contribution in [3.8, 4) is 0 Å². The van der Waals surface area contributed by atoms with Gasteiger partial charge in [-0.2, -0.15) is 0 Å². The van der Waals surface area contributed by atoms with E-state index >= 15 is 0 Å². The predicted octanol–water partition coefficient (Wildman–Crippen LogP) is 1.37. The molecule has 0 spiro atoms. The lowest BCUT2D eigenvalue weighted by Crippen LogP contribution is -2.43. The lowest BCUT2D eigenvalue weighted by atomic mass is 9.94. The summed E-state index contributed by atoms with van der Waals surface area (Å²) in [5, 5.41) is 0. The molecule has 0 bridgehead atoms. The van der Waals surface area contributed by atoms with Crippen LogP contribution in [-0.2, 0) is 19.6 Å². The number of fused-ring (bicyclic) bond motifs is 1. The van der Waals surface area contributed by atoms with Crippen molar-refractivity contribution in [2.24, 2.45) is 5.92 Å². The van der Waals surface area contributed by atoms with E-state index in [1.54, 1.807) is 0 Å². The first-order chi connectivity index (χ1) is 14.7. The van der Waals surface area contributed by atoms with Gasteiger partial charge in [-0.1, -0.05) is 19.8 Å². The van der Waals surface area contributed by atoms with Gasteiger partial charge in [0.15, 0.2) is 0 Å². The maximum atomic E-state index is 13.0. The topological polar surface area (TPSA) is 81.2 Å². The van der Waals surface area contributed by atoms with Crippen LogP contribution >= 0.6 is 0 Å². The first-order valence-corrected chi connectivity index (χ1v) is 13.8. The van der Waals surface area contributed by atoms with Crippen LogP contribution in [0.1, 0.15) is 58.3 Å². The molecule has 8 nitrogen and oxygen atoms in total. The van der Waals surface area contributed by atoms with Crippen LogP contribution in [0, 0.1) is 5.92 Å². The molecule has 3 aliphatic heterocycles. The van der Waals surface area contributed by atoms with Crippen molar-refractivity contribution in [1.82, 2.24) is 19.0 Å². The standard InChI is InChI=1S/C22H40N4O4S/c1-4-9-18-21-19(26(22(18)28)31(3,29)30)11-15-25(21)20(27)10-6-5-7-13-24-14-8-12-23(2)16-17-24/h18-19,21H,4-17H2,1-3H3/t18-,19+,21-/m1/s1. The second-order valence-electron chi connectivity index (χ2n) is 9.54. The molecule has 9 heteroatoms. The fourth-order valence-electron chi connectivity index (χ4n) is 5.57. The number of carbonyl (C=O) groups excluding carboxylic acids is 2. The van der Waals surface area contributed by atoms with Crippen molar-refractivity contribution in [2.75, 3.05) is 52.6 Å². The van der Waals surface area contributed by atoms with Crippen molar-refractivity contribution in [3.63, 3.8) is 0 Å². The third-order valence-electron chi connectivity index (χ3n) is 7.12. The molecule has 3 saturated heterocycles. The third-order valence-corrected chi connectivity index (χ3v) is 8.29. The summed E-state index contributed by atoms with van der Waals surface area (Å²) in [5.41, 5.74) is 0. The molecular weight excluding hydrogens is 416 g/mol. The Kier molecular flexibility index (Phi) is 8.37. The van der Waals surface area contributed by atoms with Crippen LogP contribution in [0.5, 0.6) is 0 Å². The molecule has 178 valence electrons. The summed E-state index contributed by atoms with van der Waals surface area (Å²) >= 11 is 0. The molecule has 0 aliphatic carbocycles. The minimum absolute atomic E-state index is 0.0770. The number of likely N-dealkylation sites (tertiary alicyclic amines) is 1. The van der Waals surface area contributed by atoms with Gasteiger partial charge >= 0.3 is 0 Å². The van der Waals surface area contributed by atoms with Gasteiger partial charge in [-0.3, -0.25) is 9.59 Å². The number of rotatable bonds is 9. The van der Waals surface area contributed by atoms with Crippen molar-refractivity contribution in [3.05, 3.63) is 0 Å². The molecule has 3 heterocycles. The quantitative estimate of drug-likeness (QED) is 0.488. The molecule has 0 aromatic carbocycles. The number of hydrogen-bond donors (Lipinski definition) is 0. The van der Waals surface area contributed by atoms with E-state index < -0.39 is 15.9 Å². The third kappa shape index (κ3) is 5.79. The molecule has 0 unspecified atom stereocenters. The van der Waals surface area contributed by atoms with Gasteiger partial charge in [0, 0.05) is 26.1 Å². The minimum atomic E-state index is -3.61. The van der Waals surface area contributed by atoms with Crippen LogP contribution < -0.4 is 0 Å². The molecule has 0 radical (unpaired) electrons. The maximum Gasteiger partial charge on any atom is 0.241 e. The first kappa shape index (κ1) is 24.5. The summed E-state index contributed by atoms with van der Waals surface area (Å²) in [6.45, 7) is 8.20. The van der Waals surface area contributed by atoms with Crippen LogP contribution in [0.15, 0.2) is 0 Å². The summed E-state index contributed by atoms with van der Waals surface area (Å²) < 4.78 is 25.5. The molecular formula is C22H40N4O4S. The highest BCUT2D eigenvalue weighted by Crippen LogP contribution is 2.40. The average molecular weight is 457 g/mol. The Hall–Kier alpha value is -1.19. The van der Waals surface area contributed by atoms with E-state index in [1.807, 2.05) is 11.8 Å². The average Bonchev–Trinajstić information content (AvgIpc) is 3.14. The van der Waals surface area contributed by atoms with Gasteiger partial charge in [0.25, 0.3) is 0 Å². The molecule has 3 fully saturated rings. The van der Waals surface area contributed by atoms with E-state index in [-0.39, 0.29) is 23.9 Å². The number of hydrogen-bond acceptors (Lipinski definition) is 6. The Bertz CT molecular complexity index is 744. The van der Waals surface area contributed by atoms with Crippen molar-refractivity contribution >= 4 is 21.8 Å². The molecule has 0 aromatic rings.